The van der Waals surface area contributed by atoms with Crippen molar-refractivity contribution in [2.75, 3.05) is 0 Å². The second-order valence-corrected chi connectivity index (χ2v) is 7.40. The zero-order valence-electron chi connectivity index (χ0n) is 13.9. The van der Waals surface area contributed by atoms with Crippen LogP contribution in [0.3, 0.4) is 0 Å². The van der Waals surface area contributed by atoms with Gasteiger partial charge in [0, 0.05) is 4.88 Å². The van der Waals surface area contributed by atoms with E-state index in [0.29, 0.717) is 4.88 Å². The van der Waals surface area contributed by atoms with E-state index in [0.717, 1.165) is 24.1 Å². The Bertz CT molecular complexity index is 753. The predicted octanol–water partition coefficient (Wildman–Crippen LogP) is 3.80. The molecule has 1 N–H and O–H groups in total. The van der Waals surface area contributed by atoms with Crippen molar-refractivity contribution in [3.8, 4) is 0 Å². The Labute approximate surface area is 145 Å². The molecule has 0 radical (unpaired) electrons. The number of ether oxygens (including phenoxy) is 1. The quantitative estimate of drug-likeness (QED) is 0.859. The second-order valence-electron chi connectivity index (χ2n) is 6.11. The molecule has 0 aliphatic heterocycles. The maximum Gasteiger partial charge on any atom is 0.349 e. The molecule has 5 heteroatoms. The highest BCUT2D eigenvalue weighted by Crippen LogP contribution is 2.29. The van der Waals surface area contributed by atoms with E-state index in [1.54, 1.807) is 13.0 Å². The van der Waals surface area contributed by atoms with Gasteiger partial charge in [0.05, 0.1) is 6.04 Å². The van der Waals surface area contributed by atoms with Gasteiger partial charge in [0.1, 0.15) is 4.88 Å². The standard InChI is InChI=1S/C19H21NO3S/c1-12-10-11-17(24-12)19(22)23-13(2)18(21)20-16-9-5-7-14-6-3-4-8-15(14)16/h3-4,6,8,10-11,13,16H,5,7,9H2,1-2H3,(H,20,21)/t13-,16-/m1/s1. The fourth-order valence-electron chi connectivity index (χ4n) is 3.01. The van der Waals surface area contributed by atoms with Gasteiger partial charge in [-0.05, 0) is 56.4 Å². The topological polar surface area (TPSA) is 55.4 Å². The van der Waals surface area contributed by atoms with E-state index in [2.05, 4.69) is 17.4 Å². The van der Waals surface area contributed by atoms with Crippen molar-refractivity contribution in [2.24, 2.45) is 0 Å². The van der Waals surface area contributed by atoms with E-state index < -0.39 is 12.1 Å². The number of fused-ring (bicyclic) bond motifs is 1. The first-order valence-electron chi connectivity index (χ1n) is 8.20. The molecule has 0 fully saturated rings. The minimum absolute atomic E-state index is 0.00687. The summed E-state index contributed by atoms with van der Waals surface area (Å²) in [7, 11) is 0. The van der Waals surface area contributed by atoms with E-state index in [1.807, 2.05) is 25.1 Å². The Hall–Kier alpha value is -2.14. The summed E-state index contributed by atoms with van der Waals surface area (Å²) in [5.41, 5.74) is 2.46. The zero-order valence-corrected chi connectivity index (χ0v) is 14.7. The summed E-state index contributed by atoms with van der Waals surface area (Å²) >= 11 is 1.37. The van der Waals surface area contributed by atoms with E-state index in [9.17, 15) is 9.59 Å². The Balaban J connectivity index is 1.62. The first-order valence-corrected chi connectivity index (χ1v) is 9.02. The van der Waals surface area contributed by atoms with Crippen LogP contribution in [0.15, 0.2) is 36.4 Å². The number of hydrogen-bond donors (Lipinski definition) is 1. The molecular weight excluding hydrogens is 322 g/mol. The number of hydrogen-bond acceptors (Lipinski definition) is 4. The summed E-state index contributed by atoms with van der Waals surface area (Å²) in [6.45, 7) is 3.54. The molecule has 1 aromatic heterocycles. The van der Waals surface area contributed by atoms with E-state index >= 15 is 0 Å². The second kappa shape index (κ2) is 7.18. The number of rotatable bonds is 4. The number of carbonyl (C=O) groups is 2. The Morgan fingerprint density at radius 2 is 2.04 bits per heavy atom. The molecule has 2 atom stereocenters. The molecule has 0 saturated carbocycles. The fourth-order valence-corrected chi connectivity index (χ4v) is 3.76. The largest absolute Gasteiger partial charge is 0.448 e. The van der Waals surface area contributed by atoms with Gasteiger partial charge in [-0.25, -0.2) is 4.79 Å². The van der Waals surface area contributed by atoms with Gasteiger partial charge in [0.25, 0.3) is 5.91 Å². The molecule has 4 nitrogen and oxygen atoms in total. The monoisotopic (exact) mass is 343 g/mol. The molecule has 1 amide bonds. The zero-order chi connectivity index (χ0) is 17.1. The van der Waals surface area contributed by atoms with Crippen molar-refractivity contribution in [2.45, 2.75) is 45.3 Å². The molecule has 0 saturated heterocycles. The molecule has 1 aliphatic carbocycles. The number of aryl methyl sites for hydroxylation is 2. The minimum atomic E-state index is -0.811. The Morgan fingerprint density at radius 1 is 1.25 bits per heavy atom. The van der Waals surface area contributed by atoms with Crippen LogP contribution < -0.4 is 5.32 Å². The van der Waals surface area contributed by atoms with Gasteiger partial charge < -0.3 is 10.1 Å². The number of esters is 1. The third-order valence-electron chi connectivity index (χ3n) is 4.28. The lowest BCUT2D eigenvalue weighted by atomic mass is 9.87. The molecule has 1 aromatic carbocycles. The minimum Gasteiger partial charge on any atom is -0.448 e. The number of benzene rings is 1. The molecule has 1 heterocycles. The van der Waals surface area contributed by atoms with Gasteiger partial charge in [-0.2, -0.15) is 0 Å². The molecule has 0 spiro atoms. The molecule has 1 aliphatic rings. The molecule has 126 valence electrons. The van der Waals surface area contributed by atoms with Crippen molar-refractivity contribution in [3.05, 3.63) is 57.3 Å². The number of nitrogens with one attached hydrogen (secondary N) is 1. The van der Waals surface area contributed by atoms with Crippen LogP contribution in [0.5, 0.6) is 0 Å². The third-order valence-corrected chi connectivity index (χ3v) is 5.26. The summed E-state index contributed by atoms with van der Waals surface area (Å²) < 4.78 is 5.30. The van der Waals surface area contributed by atoms with Crippen LogP contribution in [0.2, 0.25) is 0 Å². The summed E-state index contributed by atoms with van der Waals surface area (Å²) in [5.74, 6) is -0.696. The van der Waals surface area contributed by atoms with Crippen LogP contribution in [-0.4, -0.2) is 18.0 Å². The van der Waals surface area contributed by atoms with Crippen molar-refractivity contribution < 1.29 is 14.3 Å². The summed E-state index contributed by atoms with van der Waals surface area (Å²) in [6, 6.07) is 11.8. The van der Waals surface area contributed by atoms with Crippen molar-refractivity contribution in [1.29, 1.82) is 0 Å². The van der Waals surface area contributed by atoms with Gasteiger partial charge in [-0.3, -0.25) is 4.79 Å². The molecular formula is C19H21NO3S. The lowest BCUT2D eigenvalue weighted by Crippen LogP contribution is -2.39. The lowest BCUT2D eigenvalue weighted by Gasteiger charge is -2.27. The number of amides is 1. The first-order chi connectivity index (χ1) is 11.5. The van der Waals surface area contributed by atoms with Crippen molar-refractivity contribution >= 4 is 23.2 Å². The van der Waals surface area contributed by atoms with Crippen LogP contribution in [0.25, 0.3) is 0 Å². The molecule has 2 aromatic rings. The average molecular weight is 343 g/mol. The molecule has 0 bridgehead atoms. The number of thiophene rings is 1. The highest BCUT2D eigenvalue weighted by molar-refractivity contribution is 7.13. The average Bonchev–Trinajstić information content (AvgIpc) is 3.01. The van der Waals surface area contributed by atoms with Crippen LogP contribution in [0, 0.1) is 6.92 Å². The maximum absolute atomic E-state index is 12.4. The molecule has 24 heavy (non-hydrogen) atoms. The van der Waals surface area contributed by atoms with Crippen molar-refractivity contribution in [1.82, 2.24) is 5.32 Å². The predicted molar refractivity (Wildman–Crippen MR) is 94.2 cm³/mol. The van der Waals surface area contributed by atoms with Crippen molar-refractivity contribution in [3.63, 3.8) is 0 Å². The fraction of sp³-hybridized carbons (Fsp3) is 0.368. The molecule has 3 rings (SSSR count). The lowest BCUT2D eigenvalue weighted by molar-refractivity contribution is -0.130. The maximum atomic E-state index is 12.4. The van der Waals surface area contributed by atoms with E-state index in [-0.39, 0.29) is 11.9 Å². The summed E-state index contributed by atoms with van der Waals surface area (Å²) in [4.78, 5) is 26.0. The van der Waals surface area contributed by atoms with Gasteiger partial charge in [0.2, 0.25) is 0 Å². The highest BCUT2D eigenvalue weighted by Gasteiger charge is 2.25. The van der Waals surface area contributed by atoms with Crippen LogP contribution in [-0.2, 0) is 16.0 Å². The normalized spacial score (nSPS) is 17.7. The molecule has 0 unspecified atom stereocenters. The van der Waals surface area contributed by atoms with Gasteiger partial charge in [-0.15, -0.1) is 11.3 Å². The van der Waals surface area contributed by atoms with Crippen LogP contribution in [0.4, 0.5) is 0 Å². The van der Waals surface area contributed by atoms with Gasteiger partial charge >= 0.3 is 5.97 Å². The Kier molecular flexibility index (Phi) is 5.00. The van der Waals surface area contributed by atoms with Crippen LogP contribution >= 0.6 is 11.3 Å². The van der Waals surface area contributed by atoms with Crippen LogP contribution in [0.1, 0.15) is 51.5 Å². The smallest absolute Gasteiger partial charge is 0.349 e. The Morgan fingerprint density at radius 3 is 2.79 bits per heavy atom. The van der Waals surface area contributed by atoms with E-state index in [4.69, 9.17) is 4.74 Å². The summed E-state index contributed by atoms with van der Waals surface area (Å²) in [5, 5.41) is 3.02. The number of carbonyl (C=O) groups excluding carboxylic acids is 2. The van der Waals surface area contributed by atoms with Gasteiger partial charge in [-0.1, -0.05) is 24.3 Å². The first kappa shape index (κ1) is 16.7. The SMILES string of the molecule is Cc1ccc(C(=O)O[C@H](C)C(=O)N[C@@H]2CCCc3ccccc32)s1. The van der Waals surface area contributed by atoms with E-state index in [1.165, 1.54) is 22.5 Å². The summed E-state index contributed by atoms with van der Waals surface area (Å²) in [6.07, 6.45) is 2.19. The highest BCUT2D eigenvalue weighted by atomic mass is 32.1. The van der Waals surface area contributed by atoms with Gasteiger partial charge in [0.15, 0.2) is 6.10 Å². The third kappa shape index (κ3) is 3.67.